The molecule has 0 aliphatic rings. The summed E-state index contributed by atoms with van der Waals surface area (Å²) in [5.41, 5.74) is 2.32. The fourth-order valence-corrected chi connectivity index (χ4v) is 2.53. The quantitative estimate of drug-likeness (QED) is 0.678. The zero-order chi connectivity index (χ0) is 18.4. The van der Waals surface area contributed by atoms with Crippen LogP contribution in [0.25, 0.3) is 0 Å². The summed E-state index contributed by atoms with van der Waals surface area (Å²) in [5.74, 6) is 1.58. The molecule has 0 spiro atoms. The number of nitrogens with one attached hydrogen (secondary N) is 2. The molecule has 1 aromatic carbocycles. The van der Waals surface area contributed by atoms with Crippen LogP contribution in [0.3, 0.4) is 0 Å². The summed E-state index contributed by atoms with van der Waals surface area (Å²) in [5, 5.41) is 9.70. The Hall–Kier alpha value is -3.35. The molecule has 0 fully saturated rings. The molecule has 3 rings (SSSR count). The number of hydrogen-bond acceptors (Lipinski definition) is 6. The van der Waals surface area contributed by atoms with Gasteiger partial charge in [-0.05, 0) is 31.0 Å². The van der Waals surface area contributed by atoms with Gasteiger partial charge in [-0.3, -0.25) is 9.78 Å². The van der Waals surface area contributed by atoms with Gasteiger partial charge in [-0.1, -0.05) is 23.4 Å². The van der Waals surface area contributed by atoms with E-state index in [4.69, 9.17) is 9.26 Å². The van der Waals surface area contributed by atoms with Crippen molar-refractivity contribution < 1.29 is 14.1 Å². The molecule has 0 saturated carbocycles. The average Bonchev–Trinajstić information content (AvgIpc) is 3.07. The maximum absolute atomic E-state index is 12.3. The van der Waals surface area contributed by atoms with Crippen molar-refractivity contribution in [2.45, 2.75) is 13.3 Å². The van der Waals surface area contributed by atoms with E-state index in [2.05, 4.69) is 20.8 Å². The molecule has 3 aromatic rings. The van der Waals surface area contributed by atoms with Crippen molar-refractivity contribution in [3.63, 3.8) is 0 Å². The van der Waals surface area contributed by atoms with Crippen molar-refractivity contribution in [2.24, 2.45) is 0 Å². The number of pyridine rings is 1. The molecule has 2 N–H and O–H groups in total. The molecule has 0 saturated heterocycles. The van der Waals surface area contributed by atoms with E-state index in [9.17, 15) is 4.79 Å². The fraction of sp³-hybridized carbons (Fsp3) is 0.211. The monoisotopic (exact) mass is 352 g/mol. The third-order valence-corrected chi connectivity index (χ3v) is 3.79. The predicted octanol–water partition coefficient (Wildman–Crippen LogP) is 3.29. The van der Waals surface area contributed by atoms with Gasteiger partial charge < -0.3 is 19.9 Å². The van der Waals surface area contributed by atoms with Gasteiger partial charge in [-0.15, -0.1) is 0 Å². The number of hydrogen-bond donors (Lipinski definition) is 2. The molecular formula is C19H20N4O3. The third-order valence-electron chi connectivity index (χ3n) is 3.79. The minimum atomic E-state index is -0.292. The van der Waals surface area contributed by atoms with Gasteiger partial charge in [0.25, 0.3) is 5.91 Å². The van der Waals surface area contributed by atoms with Crippen LogP contribution in [0.1, 0.15) is 21.7 Å². The highest BCUT2D eigenvalue weighted by Crippen LogP contribution is 2.18. The zero-order valence-corrected chi connectivity index (χ0v) is 14.7. The van der Waals surface area contributed by atoms with E-state index < -0.39 is 0 Å². The van der Waals surface area contributed by atoms with Gasteiger partial charge in [0.15, 0.2) is 5.82 Å². The van der Waals surface area contributed by atoms with Crippen LogP contribution in [-0.4, -0.2) is 29.7 Å². The highest BCUT2D eigenvalue weighted by Gasteiger charge is 2.10. The lowest BCUT2D eigenvalue weighted by Crippen LogP contribution is -2.13. The minimum Gasteiger partial charge on any atom is -0.496 e. The number of benzene rings is 1. The van der Waals surface area contributed by atoms with Gasteiger partial charge in [0, 0.05) is 25.0 Å². The average molecular weight is 352 g/mol. The minimum absolute atomic E-state index is 0.292. The van der Waals surface area contributed by atoms with E-state index in [-0.39, 0.29) is 5.91 Å². The number of anilines is 2. The first-order valence-corrected chi connectivity index (χ1v) is 8.21. The maximum Gasteiger partial charge on any atom is 0.258 e. The Bertz CT molecular complexity index is 892. The summed E-state index contributed by atoms with van der Waals surface area (Å²) in [6, 6.07) is 11.3. The molecule has 0 radical (unpaired) electrons. The molecular weight excluding hydrogens is 332 g/mol. The predicted molar refractivity (Wildman–Crippen MR) is 98.6 cm³/mol. The molecule has 2 heterocycles. The van der Waals surface area contributed by atoms with Crippen LogP contribution in [0.15, 0.2) is 53.3 Å². The maximum atomic E-state index is 12.3. The second-order valence-corrected chi connectivity index (χ2v) is 5.73. The number of para-hydroxylation sites is 1. The Morgan fingerprint density at radius 2 is 2.08 bits per heavy atom. The van der Waals surface area contributed by atoms with Gasteiger partial charge in [0.2, 0.25) is 0 Å². The zero-order valence-electron chi connectivity index (χ0n) is 14.7. The standard InChI is InChI=1S/C19H20N4O3/c1-13-9-18(23-26-13)22-19(24)15-10-16(12-20-11-15)21-8-7-14-5-3-4-6-17(14)25-2/h3-6,9-12,21H,7-8H2,1-2H3,(H,22,23,24). The summed E-state index contributed by atoms with van der Waals surface area (Å²) in [7, 11) is 1.66. The smallest absolute Gasteiger partial charge is 0.258 e. The SMILES string of the molecule is COc1ccccc1CCNc1cncc(C(=O)Nc2cc(C)on2)c1. The van der Waals surface area contributed by atoms with Crippen LogP contribution in [-0.2, 0) is 6.42 Å². The molecule has 0 aliphatic carbocycles. The number of methoxy groups -OCH3 is 1. The van der Waals surface area contributed by atoms with E-state index >= 15 is 0 Å². The van der Waals surface area contributed by atoms with E-state index in [0.717, 1.165) is 23.4 Å². The lowest BCUT2D eigenvalue weighted by molar-refractivity contribution is 0.102. The van der Waals surface area contributed by atoms with Crippen molar-refractivity contribution in [1.29, 1.82) is 0 Å². The number of ether oxygens (including phenoxy) is 1. The molecule has 2 aromatic heterocycles. The topological polar surface area (TPSA) is 89.3 Å². The Kier molecular flexibility index (Phi) is 5.48. The van der Waals surface area contributed by atoms with Gasteiger partial charge in [-0.25, -0.2) is 0 Å². The van der Waals surface area contributed by atoms with Crippen LogP contribution in [0.2, 0.25) is 0 Å². The molecule has 7 nitrogen and oxygen atoms in total. The Labute approximate surface area is 151 Å². The molecule has 26 heavy (non-hydrogen) atoms. The van der Waals surface area contributed by atoms with E-state index in [1.54, 1.807) is 32.4 Å². The van der Waals surface area contributed by atoms with E-state index in [1.165, 1.54) is 6.20 Å². The molecule has 7 heteroatoms. The first kappa shape index (κ1) is 17.5. The molecule has 0 atom stereocenters. The van der Waals surface area contributed by atoms with Crippen LogP contribution in [0, 0.1) is 6.92 Å². The van der Waals surface area contributed by atoms with E-state index in [1.807, 2.05) is 24.3 Å². The number of aromatic nitrogens is 2. The van der Waals surface area contributed by atoms with Gasteiger partial charge >= 0.3 is 0 Å². The number of amides is 1. The first-order chi connectivity index (χ1) is 12.7. The fourth-order valence-electron chi connectivity index (χ4n) is 2.53. The number of nitrogens with zero attached hydrogens (tertiary/aromatic N) is 2. The van der Waals surface area contributed by atoms with Gasteiger partial charge in [0.05, 0.1) is 18.4 Å². The summed E-state index contributed by atoms with van der Waals surface area (Å²) in [6.07, 6.45) is 3.98. The van der Waals surface area contributed by atoms with Gasteiger partial charge in [0.1, 0.15) is 11.5 Å². The van der Waals surface area contributed by atoms with Crippen LogP contribution in [0.4, 0.5) is 11.5 Å². The molecule has 1 amide bonds. The lowest BCUT2D eigenvalue weighted by atomic mass is 10.1. The Morgan fingerprint density at radius 1 is 1.23 bits per heavy atom. The van der Waals surface area contributed by atoms with Crippen molar-refractivity contribution in [1.82, 2.24) is 10.1 Å². The number of carbonyl (C=O) groups is 1. The summed E-state index contributed by atoms with van der Waals surface area (Å²) in [4.78, 5) is 16.4. The van der Waals surface area contributed by atoms with Crippen molar-refractivity contribution >= 4 is 17.4 Å². The second kappa shape index (κ2) is 8.15. The first-order valence-electron chi connectivity index (χ1n) is 8.21. The molecule has 0 bridgehead atoms. The van der Waals surface area contributed by atoms with Crippen LogP contribution in [0.5, 0.6) is 5.75 Å². The lowest BCUT2D eigenvalue weighted by Gasteiger charge is -2.10. The highest BCUT2D eigenvalue weighted by molar-refractivity contribution is 6.04. The third kappa shape index (κ3) is 4.38. The summed E-state index contributed by atoms with van der Waals surface area (Å²) in [6.45, 7) is 2.45. The van der Waals surface area contributed by atoms with Crippen LogP contribution >= 0.6 is 0 Å². The highest BCUT2D eigenvalue weighted by atomic mass is 16.5. The number of aryl methyl sites for hydroxylation is 1. The normalized spacial score (nSPS) is 10.4. The molecule has 0 unspecified atom stereocenters. The number of carbonyl (C=O) groups excluding carboxylic acids is 1. The van der Waals surface area contributed by atoms with E-state index in [0.29, 0.717) is 23.7 Å². The number of rotatable bonds is 7. The van der Waals surface area contributed by atoms with Crippen molar-refractivity contribution in [2.75, 3.05) is 24.3 Å². The summed E-state index contributed by atoms with van der Waals surface area (Å²) < 4.78 is 10.3. The summed E-state index contributed by atoms with van der Waals surface area (Å²) >= 11 is 0. The van der Waals surface area contributed by atoms with Crippen LogP contribution < -0.4 is 15.4 Å². The van der Waals surface area contributed by atoms with Crippen molar-refractivity contribution in [3.05, 3.63) is 65.7 Å². The molecule has 134 valence electrons. The largest absolute Gasteiger partial charge is 0.496 e. The Morgan fingerprint density at radius 3 is 2.85 bits per heavy atom. The van der Waals surface area contributed by atoms with Crippen molar-refractivity contribution in [3.8, 4) is 5.75 Å². The van der Waals surface area contributed by atoms with Gasteiger partial charge in [-0.2, -0.15) is 0 Å². The molecule has 0 aliphatic heterocycles. The Balaban J connectivity index is 1.59. The second-order valence-electron chi connectivity index (χ2n) is 5.73.